The Balaban J connectivity index is 2.30. The molecule has 0 bridgehead atoms. The van der Waals surface area contributed by atoms with Gasteiger partial charge in [0.15, 0.2) is 0 Å². The average Bonchev–Trinajstić information content (AvgIpc) is 2.56. The van der Waals surface area contributed by atoms with Crippen molar-refractivity contribution in [2.45, 2.75) is 0 Å². The summed E-state index contributed by atoms with van der Waals surface area (Å²) in [5.41, 5.74) is 0. The van der Waals surface area contributed by atoms with E-state index in [9.17, 15) is 4.79 Å². The number of rotatable bonds is 4. The number of likely N-dealkylation sites (N-methyl/N-ethyl adjacent to an activating group) is 1. The predicted octanol–water partition coefficient (Wildman–Crippen LogP) is -0.513. The molecule has 1 aromatic rings. The Morgan fingerprint density at radius 3 is 3.08 bits per heavy atom. The van der Waals surface area contributed by atoms with Crippen LogP contribution in [-0.4, -0.2) is 35.6 Å². The van der Waals surface area contributed by atoms with Crippen molar-refractivity contribution >= 4 is 17.4 Å². The lowest BCUT2D eigenvalue weighted by molar-refractivity contribution is 0.0958. The molecule has 0 aliphatic heterocycles. The van der Waals surface area contributed by atoms with E-state index in [-0.39, 0.29) is 5.91 Å². The summed E-state index contributed by atoms with van der Waals surface area (Å²) in [5.74, 6) is -0.111. The molecular formula is C6H10N4OS. The standard InChI is InChI=1S/C6H10N4OS/c1-7-2-3-8-6(11)5-4-9-10-12-5/h4,7H,2-3H2,1H3,(H,8,11). The van der Waals surface area contributed by atoms with Gasteiger partial charge in [0.05, 0.1) is 6.20 Å². The molecule has 66 valence electrons. The molecule has 0 aliphatic carbocycles. The Bertz CT molecular complexity index is 236. The SMILES string of the molecule is CNCCNC(=O)c1cnns1. The maximum Gasteiger partial charge on any atom is 0.264 e. The van der Waals surface area contributed by atoms with Gasteiger partial charge in [-0.15, -0.1) is 5.10 Å². The first-order valence-corrected chi connectivity index (χ1v) is 4.32. The van der Waals surface area contributed by atoms with Crippen LogP contribution in [0.5, 0.6) is 0 Å². The molecule has 1 heterocycles. The number of hydrogen-bond donors (Lipinski definition) is 2. The van der Waals surface area contributed by atoms with Gasteiger partial charge < -0.3 is 10.6 Å². The van der Waals surface area contributed by atoms with Gasteiger partial charge in [0.1, 0.15) is 4.88 Å². The first-order valence-electron chi connectivity index (χ1n) is 3.54. The predicted molar refractivity (Wildman–Crippen MR) is 46.2 cm³/mol. The van der Waals surface area contributed by atoms with Crippen molar-refractivity contribution in [2.24, 2.45) is 0 Å². The van der Waals surface area contributed by atoms with E-state index in [1.54, 1.807) is 0 Å². The van der Waals surface area contributed by atoms with Gasteiger partial charge in [-0.1, -0.05) is 4.49 Å². The third kappa shape index (κ3) is 2.55. The summed E-state index contributed by atoms with van der Waals surface area (Å²) in [6, 6.07) is 0. The summed E-state index contributed by atoms with van der Waals surface area (Å²) in [5, 5.41) is 9.20. The van der Waals surface area contributed by atoms with E-state index in [2.05, 4.69) is 20.2 Å². The van der Waals surface area contributed by atoms with Gasteiger partial charge in [-0.2, -0.15) is 0 Å². The van der Waals surface area contributed by atoms with Crippen LogP contribution in [0.1, 0.15) is 9.67 Å². The van der Waals surface area contributed by atoms with Crippen molar-refractivity contribution in [1.29, 1.82) is 0 Å². The van der Waals surface area contributed by atoms with Gasteiger partial charge in [0, 0.05) is 13.1 Å². The molecule has 0 aliphatic rings. The van der Waals surface area contributed by atoms with Crippen LogP contribution in [-0.2, 0) is 0 Å². The molecule has 1 aromatic heterocycles. The smallest absolute Gasteiger partial charge is 0.264 e. The van der Waals surface area contributed by atoms with Crippen LogP contribution in [0.3, 0.4) is 0 Å². The molecule has 5 nitrogen and oxygen atoms in total. The zero-order valence-electron chi connectivity index (χ0n) is 6.70. The number of amides is 1. The van der Waals surface area contributed by atoms with Gasteiger partial charge >= 0.3 is 0 Å². The molecule has 2 N–H and O–H groups in total. The van der Waals surface area contributed by atoms with Crippen LogP contribution in [0.15, 0.2) is 6.20 Å². The highest BCUT2D eigenvalue weighted by Gasteiger charge is 2.05. The molecule has 1 amide bonds. The minimum atomic E-state index is -0.111. The highest BCUT2D eigenvalue weighted by molar-refractivity contribution is 7.07. The summed E-state index contributed by atoms with van der Waals surface area (Å²) in [6.07, 6.45) is 1.46. The third-order valence-electron chi connectivity index (χ3n) is 1.25. The largest absolute Gasteiger partial charge is 0.350 e. The summed E-state index contributed by atoms with van der Waals surface area (Å²) in [6.45, 7) is 1.38. The van der Waals surface area contributed by atoms with E-state index in [0.717, 1.165) is 18.1 Å². The van der Waals surface area contributed by atoms with Crippen LogP contribution >= 0.6 is 11.5 Å². The van der Waals surface area contributed by atoms with Crippen LogP contribution in [0.4, 0.5) is 0 Å². The zero-order valence-corrected chi connectivity index (χ0v) is 7.52. The van der Waals surface area contributed by atoms with Crippen LogP contribution in [0.2, 0.25) is 0 Å². The van der Waals surface area contributed by atoms with E-state index in [4.69, 9.17) is 0 Å². The van der Waals surface area contributed by atoms with Gasteiger partial charge in [-0.25, -0.2) is 0 Å². The van der Waals surface area contributed by atoms with E-state index in [1.165, 1.54) is 6.20 Å². The second kappa shape index (κ2) is 4.78. The summed E-state index contributed by atoms with van der Waals surface area (Å²) < 4.78 is 3.59. The Kier molecular flexibility index (Phi) is 3.62. The Labute approximate surface area is 74.3 Å². The molecular weight excluding hydrogens is 176 g/mol. The first kappa shape index (κ1) is 9.08. The fourth-order valence-corrected chi connectivity index (χ4v) is 1.09. The Morgan fingerprint density at radius 2 is 2.50 bits per heavy atom. The van der Waals surface area contributed by atoms with Gasteiger partial charge in [0.25, 0.3) is 5.91 Å². The van der Waals surface area contributed by atoms with Crippen molar-refractivity contribution < 1.29 is 4.79 Å². The van der Waals surface area contributed by atoms with E-state index >= 15 is 0 Å². The lowest BCUT2D eigenvalue weighted by Gasteiger charge is -2.00. The molecule has 0 spiro atoms. The second-order valence-corrected chi connectivity index (χ2v) is 2.93. The topological polar surface area (TPSA) is 66.9 Å². The highest BCUT2D eigenvalue weighted by atomic mass is 32.1. The maximum atomic E-state index is 11.2. The van der Waals surface area contributed by atoms with Crippen molar-refractivity contribution in [3.63, 3.8) is 0 Å². The monoisotopic (exact) mass is 186 g/mol. The maximum absolute atomic E-state index is 11.2. The lowest BCUT2D eigenvalue weighted by atomic mass is 10.5. The summed E-state index contributed by atoms with van der Waals surface area (Å²) in [4.78, 5) is 11.7. The summed E-state index contributed by atoms with van der Waals surface area (Å²) in [7, 11) is 1.83. The van der Waals surface area contributed by atoms with Crippen molar-refractivity contribution in [3.05, 3.63) is 11.1 Å². The minimum Gasteiger partial charge on any atom is -0.350 e. The summed E-state index contributed by atoms with van der Waals surface area (Å²) >= 11 is 1.10. The molecule has 0 atom stereocenters. The minimum absolute atomic E-state index is 0.111. The number of nitrogens with one attached hydrogen (secondary N) is 2. The molecule has 12 heavy (non-hydrogen) atoms. The normalized spacial score (nSPS) is 9.75. The number of carbonyl (C=O) groups excluding carboxylic acids is 1. The van der Waals surface area contributed by atoms with Crippen LogP contribution < -0.4 is 10.6 Å². The molecule has 6 heteroatoms. The molecule has 0 radical (unpaired) electrons. The van der Waals surface area contributed by atoms with Crippen molar-refractivity contribution in [3.8, 4) is 0 Å². The molecule has 1 rings (SSSR count). The lowest BCUT2D eigenvalue weighted by Crippen LogP contribution is -2.29. The van der Waals surface area contributed by atoms with E-state index in [0.29, 0.717) is 11.4 Å². The van der Waals surface area contributed by atoms with E-state index in [1.807, 2.05) is 7.05 Å². The third-order valence-corrected chi connectivity index (χ3v) is 1.91. The number of carbonyl (C=O) groups is 1. The number of hydrogen-bond acceptors (Lipinski definition) is 5. The Hall–Kier alpha value is -1.01. The molecule has 0 unspecified atom stereocenters. The van der Waals surface area contributed by atoms with Crippen LogP contribution in [0.25, 0.3) is 0 Å². The van der Waals surface area contributed by atoms with Crippen molar-refractivity contribution in [1.82, 2.24) is 20.2 Å². The highest BCUT2D eigenvalue weighted by Crippen LogP contribution is 1.99. The fraction of sp³-hybridized carbons (Fsp3) is 0.500. The number of aromatic nitrogens is 2. The van der Waals surface area contributed by atoms with E-state index < -0.39 is 0 Å². The Morgan fingerprint density at radius 1 is 1.67 bits per heavy atom. The molecule has 0 saturated heterocycles. The average molecular weight is 186 g/mol. The zero-order chi connectivity index (χ0) is 8.81. The van der Waals surface area contributed by atoms with Crippen molar-refractivity contribution in [2.75, 3.05) is 20.1 Å². The quantitative estimate of drug-likeness (QED) is 0.621. The molecule has 0 fully saturated rings. The van der Waals surface area contributed by atoms with Gasteiger partial charge in [-0.05, 0) is 18.6 Å². The van der Waals surface area contributed by atoms with Gasteiger partial charge in [0.2, 0.25) is 0 Å². The fourth-order valence-electron chi connectivity index (χ4n) is 0.655. The first-order chi connectivity index (χ1) is 5.84. The number of nitrogens with zero attached hydrogens (tertiary/aromatic N) is 2. The molecule has 0 aromatic carbocycles. The molecule has 0 saturated carbocycles. The van der Waals surface area contributed by atoms with Crippen LogP contribution in [0, 0.1) is 0 Å². The second-order valence-electron chi connectivity index (χ2n) is 2.14. The van der Waals surface area contributed by atoms with Gasteiger partial charge in [-0.3, -0.25) is 4.79 Å².